The molecule has 1 fully saturated rings. The minimum atomic E-state index is -0.00303. The van der Waals surface area contributed by atoms with Crippen molar-refractivity contribution in [1.29, 1.82) is 0 Å². The third-order valence-corrected chi connectivity index (χ3v) is 4.63. The summed E-state index contributed by atoms with van der Waals surface area (Å²) in [5, 5.41) is 0. The Morgan fingerprint density at radius 3 is 2.48 bits per heavy atom. The van der Waals surface area contributed by atoms with E-state index in [1.54, 1.807) is 13.2 Å². The molecule has 1 amide bonds. The van der Waals surface area contributed by atoms with E-state index in [-0.39, 0.29) is 12.7 Å². The second-order valence-corrected chi connectivity index (χ2v) is 6.02. The number of ether oxygens (including phenoxy) is 3. The van der Waals surface area contributed by atoms with Crippen LogP contribution in [0.15, 0.2) is 42.5 Å². The van der Waals surface area contributed by atoms with Crippen molar-refractivity contribution in [3.8, 4) is 17.2 Å². The van der Waals surface area contributed by atoms with Gasteiger partial charge >= 0.3 is 0 Å². The van der Waals surface area contributed by atoms with Crippen molar-refractivity contribution in [2.75, 3.05) is 45.0 Å². The van der Waals surface area contributed by atoms with Gasteiger partial charge in [0.25, 0.3) is 5.91 Å². The van der Waals surface area contributed by atoms with E-state index in [2.05, 4.69) is 4.90 Å². The lowest BCUT2D eigenvalue weighted by Crippen LogP contribution is -2.48. The topological polar surface area (TPSA) is 51.2 Å². The number of amides is 1. The van der Waals surface area contributed by atoms with Crippen molar-refractivity contribution < 1.29 is 19.0 Å². The highest BCUT2D eigenvalue weighted by Gasteiger charge is 2.27. The molecule has 4 rings (SSSR count). The number of benzene rings is 2. The van der Waals surface area contributed by atoms with Gasteiger partial charge in [-0.15, -0.1) is 0 Å². The van der Waals surface area contributed by atoms with E-state index in [4.69, 9.17) is 14.2 Å². The van der Waals surface area contributed by atoms with Gasteiger partial charge in [0.15, 0.2) is 11.5 Å². The molecule has 2 aromatic carbocycles. The predicted octanol–water partition coefficient (Wildman–Crippen LogP) is 2.39. The molecule has 0 N–H and O–H groups in total. The summed E-state index contributed by atoms with van der Waals surface area (Å²) in [5.41, 5.74) is 1.72. The van der Waals surface area contributed by atoms with E-state index < -0.39 is 0 Å². The van der Waals surface area contributed by atoms with E-state index in [0.717, 1.165) is 24.5 Å². The first-order valence-electron chi connectivity index (χ1n) is 8.33. The van der Waals surface area contributed by atoms with Crippen LogP contribution in [-0.2, 0) is 0 Å². The van der Waals surface area contributed by atoms with E-state index in [9.17, 15) is 4.79 Å². The highest BCUT2D eigenvalue weighted by Crippen LogP contribution is 2.36. The van der Waals surface area contributed by atoms with Gasteiger partial charge in [0.1, 0.15) is 5.75 Å². The number of piperazine rings is 1. The van der Waals surface area contributed by atoms with Crippen LogP contribution >= 0.6 is 0 Å². The zero-order chi connectivity index (χ0) is 17.2. The molecule has 1 saturated heterocycles. The molecule has 0 radical (unpaired) electrons. The molecular formula is C19H20N2O4. The Morgan fingerprint density at radius 1 is 1.00 bits per heavy atom. The zero-order valence-electron chi connectivity index (χ0n) is 14.1. The van der Waals surface area contributed by atoms with Gasteiger partial charge < -0.3 is 24.0 Å². The molecule has 0 unspecified atom stereocenters. The Bertz CT molecular complexity index is 767. The molecular weight excluding hydrogens is 320 g/mol. The lowest BCUT2D eigenvalue weighted by atomic mass is 10.1. The molecule has 2 aromatic rings. The van der Waals surface area contributed by atoms with Crippen molar-refractivity contribution in [3.05, 3.63) is 48.0 Å². The molecule has 6 nitrogen and oxygen atoms in total. The predicted molar refractivity (Wildman–Crippen MR) is 93.7 cm³/mol. The molecule has 0 saturated carbocycles. The van der Waals surface area contributed by atoms with Gasteiger partial charge in [-0.25, -0.2) is 0 Å². The Balaban J connectivity index is 1.43. The maximum absolute atomic E-state index is 12.8. The molecule has 6 heteroatoms. The number of hydrogen-bond acceptors (Lipinski definition) is 5. The Labute approximate surface area is 146 Å². The maximum atomic E-state index is 12.8. The van der Waals surface area contributed by atoms with Gasteiger partial charge in [-0.2, -0.15) is 0 Å². The third kappa shape index (κ3) is 2.95. The number of rotatable bonds is 3. The molecule has 0 bridgehead atoms. The van der Waals surface area contributed by atoms with E-state index in [1.165, 1.54) is 0 Å². The monoisotopic (exact) mass is 340 g/mol. The first-order valence-corrected chi connectivity index (χ1v) is 8.33. The van der Waals surface area contributed by atoms with Crippen molar-refractivity contribution in [3.63, 3.8) is 0 Å². The molecule has 0 aliphatic carbocycles. The minimum absolute atomic E-state index is 0.00303. The number of carbonyl (C=O) groups excluding carboxylic acids is 1. The normalized spacial score (nSPS) is 16.0. The number of nitrogens with zero attached hydrogens (tertiary/aromatic N) is 2. The fourth-order valence-electron chi connectivity index (χ4n) is 3.23. The average molecular weight is 340 g/mol. The molecule has 0 aromatic heterocycles. The smallest absolute Gasteiger partial charge is 0.257 e. The molecule has 25 heavy (non-hydrogen) atoms. The van der Waals surface area contributed by atoms with Crippen LogP contribution < -0.4 is 19.1 Å². The van der Waals surface area contributed by atoms with Gasteiger partial charge in [-0.3, -0.25) is 4.79 Å². The first kappa shape index (κ1) is 15.6. The standard InChI is InChI=1S/C19H20N2O4/c1-23-15-7-5-14(6-8-15)20-9-11-21(12-10-20)19(22)16-3-2-4-17-18(16)25-13-24-17/h2-8H,9-13H2,1H3. The van der Waals surface area contributed by atoms with Crippen LogP contribution in [0.1, 0.15) is 10.4 Å². The van der Waals surface area contributed by atoms with Crippen LogP contribution in [0.3, 0.4) is 0 Å². The van der Waals surface area contributed by atoms with Crippen molar-refractivity contribution in [1.82, 2.24) is 4.90 Å². The largest absolute Gasteiger partial charge is 0.497 e. The Morgan fingerprint density at radius 2 is 1.76 bits per heavy atom. The van der Waals surface area contributed by atoms with Gasteiger partial charge in [-0.05, 0) is 36.4 Å². The Hall–Kier alpha value is -2.89. The number of fused-ring (bicyclic) bond motifs is 1. The maximum Gasteiger partial charge on any atom is 0.257 e. The summed E-state index contributed by atoms with van der Waals surface area (Å²) < 4.78 is 16.0. The lowest BCUT2D eigenvalue weighted by Gasteiger charge is -2.36. The fourth-order valence-corrected chi connectivity index (χ4v) is 3.23. The molecule has 0 atom stereocenters. The summed E-state index contributed by atoms with van der Waals surface area (Å²) in [5.74, 6) is 2.04. The van der Waals surface area contributed by atoms with Gasteiger partial charge in [0.2, 0.25) is 6.79 Å². The van der Waals surface area contributed by atoms with Crippen LogP contribution in [0, 0.1) is 0 Å². The van der Waals surface area contributed by atoms with Gasteiger partial charge in [0.05, 0.1) is 12.7 Å². The molecule has 2 aliphatic heterocycles. The van der Waals surface area contributed by atoms with E-state index in [1.807, 2.05) is 41.3 Å². The summed E-state index contributed by atoms with van der Waals surface area (Å²) >= 11 is 0. The molecule has 130 valence electrons. The highest BCUT2D eigenvalue weighted by atomic mass is 16.7. The van der Waals surface area contributed by atoms with Crippen LogP contribution in [0.5, 0.6) is 17.2 Å². The van der Waals surface area contributed by atoms with Crippen LogP contribution in [0.4, 0.5) is 5.69 Å². The number of anilines is 1. The van der Waals surface area contributed by atoms with Crippen LogP contribution in [0.2, 0.25) is 0 Å². The van der Waals surface area contributed by atoms with Crippen LogP contribution in [0.25, 0.3) is 0 Å². The number of para-hydroxylation sites is 1. The number of methoxy groups -OCH3 is 1. The average Bonchev–Trinajstić information content (AvgIpc) is 3.16. The van der Waals surface area contributed by atoms with E-state index >= 15 is 0 Å². The summed E-state index contributed by atoms with van der Waals surface area (Å²) in [6.45, 7) is 3.12. The first-order chi connectivity index (χ1) is 12.3. The summed E-state index contributed by atoms with van der Waals surface area (Å²) in [7, 11) is 1.66. The second kappa shape index (κ2) is 6.55. The zero-order valence-corrected chi connectivity index (χ0v) is 14.1. The second-order valence-electron chi connectivity index (χ2n) is 6.02. The molecule has 2 heterocycles. The summed E-state index contributed by atoms with van der Waals surface area (Å²) in [6, 6.07) is 13.5. The van der Waals surface area contributed by atoms with Crippen molar-refractivity contribution in [2.45, 2.75) is 0 Å². The van der Waals surface area contributed by atoms with Crippen molar-refractivity contribution in [2.24, 2.45) is 0 Å². The fraction of sp³-hybridized carbons (Fsp3) is 0.316. The Kier molecular flexibility index (Phi) is 4.09. The van der Waals surface area contributed by atoms with Crippen LogP contribution in [-0.4, -0.2) is 50.9 Å². The molecule has 0 spiro atoms. The minimum Gasteiger partial charge on any atom is -0.497 e. The number of carbonyl (C=O) groups is 1. The molecule has 2 aliphatic rings. The lowest BCUT2D eigenvalue weighted by molar-refractivity contribution is 0.0742. The van der Waals surface area contributed by atoms with Crippen molar-refractivity contribution >= 4 is 11.6 Å². The van der Waals surface area contributed by atoms with Gasteiger partial charge in [-0.1, -0.05) is 6.07 Å². The van der Waals surface area contributed by atoms with E-state index in [0.29, 0.717) is 30.2 Å². The quantitative estimate of drug-likeness (QED) is 0.859. The summed E-state index contributed by atoms with van der Waals surface area (Å²) in [4.78, 5) is 17.0. The highest BCUT2D eigenvalue weighted by molar-refractivity contribution is 5.98. The SMILES string of the molecule is COc1ccc(N2CCN(C(=O)c3cccc4c3OCO4)CC2)cc1. The van der Waals surface area contributed by atoms with Gasteiger partial charge in [0, 0.05) is 31.9 Å². The summed E-state index contributed by atoms with van der Waals surface area (Å²) in [6.07, 6.45) is 0. The number of hydrogen-bond donors (Lipinski definition) is 0. The third-order valence-electron chi connectivity index (χ3n) is 4.63.